The zero-order chi connectivity index (χ0) is 14.1. The Labute approximate surface area is 124 Å². The lowest BCUT2D eigenvalue weighted by Gasteiger charge is -2.12. The van der Waals surface area contributed by atoms with Gasteiger partial charge >= 0.3 is 0 Å². The maximum atomic E-state index is 13.1. The molecule has 20 heavy (non-hydrogen) atoms. The van der Waals surface area contributed by atoms with Gasteiger partial charge in [0, 0.05) is 22.3 Å². The standard InChI is InChI=1S/C15H12BrFN2O/c16-11-5-2-6-12-13(11)14(15(20)19-12)18-8-9-3-1-4-10(17)7-9/h1-7,14,18H,8H2,(H,19,20). The molecular weight excluding hydrogens is 323 g/mol. The van der Waals surface area contributed by atoms with Crippen molar-refractivity contribution in [1.29, 1.82) is 0 Å². The summed E-state index contributed by atoms with van der Waals surface area (Å²) in [5.74, 6) is -0.370. The molecule has 2 N–H and O–H groups in total. The monoisotopic (exact) mass is 334 g/mol. The van der Waals surface area contributed by atoms with Gasteiger partial charge in [-0.1, -0.05) is 34.1 Å². The lowest BCUT2D eigenvalue weighted by atomic mass is 10.1. The van der Waals surface area contributed by atoms with Gasteiger partial charge in [-0.05, 0) is 29.8 Å². The van der Waals surface area contributed by atoms with Crippen molar-refractivity contribution in [2.24, 2.45) is 0 Å². The van der Waals surface area contributed by atoms with Crippen molar-refractivity contribution >= 4 is 27.5 Å². The van der Waals surface area contributed by atoms with E-state index in [1.165, 1.54) is 12.1 Å². The summed E-state index contributed by atoms with van der Waals surface area (Å²) in [6, 6.07) is 11.5. The lowest BCUT2D eigenvalue weighted by molar-refractivity contribution is -0.117. The molecule has 0 radical (unpaired) electrons. The highest BCUT2D eigenvalue weighted by molar-refractivity contribution is 9.10. The van der Waals surface area contributed by atoms with Crippen LogP contribution in [0.15, 0.2) is 46.9 Å². The summed E-state index contributed by atoms with van der Waals surface area (Å²) in [5.41, 5.74) is 2.51. The third kappa shape index (κ3) is 2.46. The Bertz CT molecular complexity index is 675. The van der Waals surface area contributed by atoms with Crippen LogP contribution in [0, 0.1) is 5.82 Å². The van der Waals surface area contributed by atoms with Crippen LogP contribution in [0.3, 0.4) is 0 Å². The number of rotatable bonds is 3. The zero-order valence-corrected chi connectivity index (χ0v) is 12.1. The van der Waals surface area contributed by atoms with E-state index in [0.29, 0.717) is 6.54 Å². The molecule has 0 saturated heterocycles. The van der Waals surface area contributed by atoms with Crippen molar-refractivity contribution in [2.75, 3.05) is 5.32 Å². The minimum Gasteiger partial charge on any atom is -0.324 e. The molecule has 0 aromatic heterocycles. The predicted octanol–water partition coefficient (Wildman–Crippen LogP) is 3.37. The first-order valence-corrected chi connectivity index (χ1v) is 7.01. The average Bonchev–Trinajstić information content (AvgIpc) is 2.74. The number of amides is 1. The van der Waals surface area contributed by atoms with Gasteiger partial charge in [0.2, 0.25) is 5.91 Å². The minimum absolute atomic E-state index is 0.0942. The Morgan fingerprint density at radius 1 is 1.25 bits per heavy atom. The smallest absolute Gasteiger partial charge is 0.246 e. The van der Waals surface area contributed by atoms with E-state index < -0.39 is 6.04 Å². The van der Waals surface area contributed by atoms with E-state index in [1.54, 1.807) is 6.07 Å². The molecule has 5 heteroatoms. The molecule has 1 unspecified atom stereocenters. The molecule has 0 fully saturated rings. The van der Waals surface area contributed by atoms with Crippen molar-refractivity contribution in [3.63, 3.8) is 0 Å². The van der Waals surface area contributed by atoms with Gasteiger partial charge in [0.25, 0.3) is 0 Å². The molecule has 0 spiro atoms. The van der Waals surface area contributed by atoms with Crippen LogP contribution in [0.2, 0.25) is 0 Å². The van der Waals surface area contributed by atoms with Crippen molar-refractivity contribution < 1.29 is 9.18 Å². The normalized spacial score (nSPS) is 16.9. The third-order valence-electron chi connectivity index (χ3n) is 3.26. The summed E-state index contributed by atoms with van der Waals surface area (Å²) in [6.07, 6.45) is 0. The van der Waals surface area contributed by atoms with Gasteiger partial charge in [-0.2, -0.15) is 0 Å². The van der Waals surface area contributed by atoms with Crippen LogP contribution in [-0.4, -0.2) is 5.91 Å². The van der Waals surface area contributed by atoms with Crippen LogP contribution in [0.1, 0.15) is 17.2 Å². The van der Waals surface area contributed by atoms with Gasteiger partial charge in [0.15, 0.2) is 0 Å². The third-order valence-corrected chi connectivity index (χ3v) is 3.95. The van der Waals surface area contributed by atoms with Crippen molar-refractivity contribution in [3.05, 3.63) is 63.9 Å². The summed E-state index contributed by atoms with van der Waals surface area (Å²) in [7, 11) is 0. The second kappa shape index (κ2) is 5.34. The first-order chi connectivity index (χ1) is 9.65. The number of carbonyl (C=O) groups excluding carboxylic acids is 1. The molecule has 0 saturated carbocycles. The van der Waals surface area contributed by atoms with Crippen LogP contribution in [-0.2, 0) is 11.3 Å². The molecule has 1 aliphatic rings. The lowest BCUT2D eigenvalue weighted by Crippen LogP contribution is -2.27. The SMILES string of the molecule is O=C1Nc2cccc(Br)c2C1NCc1cccc(F)c1. The Balaban J connectivity index is 1.81. The van der Waals surface area contributed by atoms with Gasteiger partial charge in [-0.15, -0.1) is 0 Å². The Morgan fingerprint density at radius 3 is 2.85 bits per heavy atom. The fourth-order valence-corrected chi connectivity index (χ4v) is 2.93. The average molecular weight is 335 g/mol. The first-order valence-electron chi connectivity index (χ1n) is 6.22. The van der Waals surface area contributed by atoms with Gasteiger partial charge in [0.1, 0.15) is 11.9 Å². The molecule has 102 valence electrons. The van der Waals surface area contributed by atoms with Gasteiger partial charge in [-0.3, -0.25) is 10.1 Å². The minimum atomic E-state index is -0.427. The molecule has 1 atom stereocenters. The molecule has 1 heterocycles. The fraction of sp³-hybridized carbons (Fsp3) is 0.133. The van der Waals surface area contributed by atoms with Crippen molar-refractivity contribution in [1.82, 2.24) is 5.32 Å². The Kier molecular flexibility index (Phi) is 3.54. The van der Waals surface area contributed by atoms with E-state index in [1.807, 2.05) is 24.3 Å². The summed E-state index contributed by atoms with van der Waals surface area (Å²) in [5, 5.41) is 5.99. The zero-order valence-electron chi connectivity index (χ0n) is 10.5. The van der Waals surface area contributed by atoms with E-state index in [2.05, 4.69) is 26.6 Å². The Hall–Kier alpha value is -1.72. The number of fused-ring (bicyclic) bond motifs is 1. The summed E-state index contributed by atoms with van der Waals surface area (Å²) in [6.45, 7) is 0.427. The number of nitrogens with one attached hydrogen (secondary N) is 2. The van der Waals surface area contributed by atoms with Crippen molar-refractivity contribution in [3.8, 4) is 0 Å². The number of halogens is 2. The van der Waals surface area contributed by atoms with E-state index >= 15 is 0 Å². The fourth-order valence-electron chi connectivity index (χ4n) is 2.34. The topological polar surface area (TPSA) is 41.1 Å². The van der Waals surface area contributed by atoms with Gasteiger partial charge < -0.3 is 5.32 Å². The second-order valence-electron chi connectivity index (χ2n) is 4.63. The maximum absolute atomic E-state index is 13.1. The van der Waals surface area contributed by atoms with Crippen LogP contribution >= 0.6 is 15.9 Å². The number of hydrogen-bond acceptors (Lipinski definition) is 2. The molecule has 1 amide bonds. The Morgan fingerprint density at radius 2 is 2.05 bits per heavy atom. The molecule has 2 aromatic rings. The second-order valence-corrected chi connectivity index (χ2v) is 5.49. The summed E-state index contributed by atoms with van der Waals surface area (Å²) < 4.78 is 14.0. The summed E-state index contributed by atoms with van der Waals surface area (Å²) >= 11 is 3.46. The molecule has 1 aliphatic heterocycles. The number of benzene rings is 2. The highest BCUT2D eigenvalue weighted by Gasteiger charge is 2.31. The largest absolute Gasteiger partial charge is 0.324 e. The molecule has 3 nitrogen and oxygen atoms in total. The summed E-state index contributed by atoms with van der Waals surface area (Å²) in [4.78, 5) is 12.0. The molecular formula is C15H12BrFN2O. The van der Waals surface area contributed by atoms with Crippen molar-refractivity contribution in [2.45, 2.75) is 12.6 Å². The van der Waals surface area contributed by atoms with E-state index in [9.17, 15) is 9.18 Å². The van der Waals surface area contributed by atoms with Crippen LogP contribution in [0.25, 0.3) is 0 Å². The van der Waals surface area contributed by atoms with Gasteiger partial charge in [0.05, 0.1) is 0 Å². The molecule has 0 bridgehead atoms. The molecule has 3 rings (SSSR count). The van der Waals surface area contributed by atoms with Crippen LogP contribution in [0.4, 0.5) is 10.1 Å². The highest BCUT2D eigenvalue weighted by atomic mass is 79.9. The van der Waals surface area contributed by atoms with E-state index in [0.717, 1.165) is 21.3 Å². The molecule has 2 aromatic carbocycles. The van der Waals surface area contributed by atoms with Crippen LogP contribution < -0.4 is 10.6 Å². The quantitative estimate of drug-likeness (QED) is 0.903. The number of hydrogen-bond donors (Lipinski definition) is 2. The van der Waals surface area contributed by atoms with E-state index in [4.69, 9.17) is 0 Å². The number of carbonyl (C=O) groups is 1. The van der Waals surface area contributed by atoms with Crippen LogP contribution in [0.5, 0.6) is 0 Å². The van der Waals surface area contributed by atoms with Gasteiger partial charge in [-0.25, -0.2) is 4.39 Å². The maximum Gasteiger partial charge on any atom is 0.246 e. The molecule has 0 aliphatic carbocycles. The first kappa shape index (κ1) is 13.3. The predicted molar refractivity (Wildman–Crippen MR) is 78.8 cm³/mol. The van der Waals surface area contributed by atoms with E-state index in [-0.39, 0.29) is 11.7 Å². The number of anilines is 1. The highest BCUT2D eigenvalue weighted by Crippen LogP contribution is 2.36.